The first-order valence-corrected chi connectivity index (χ1v) is 6.21. The van der Waals surface area contributed by atoms with Gasteiger partial charge in [0.15, 0.2) is 0 Å². The Bertz CT molecular complexity index is 317. The van der Waals surface area contributed by atoms with Crippen molar-refractivity contribution in [2.45, 2.75) is 13.5 Å². The second-order valence-electron chi connectivity index (χ2n) is 3.37. The molecule has 0 atom stereocenters. The number of nitrogens with zero attached hydrogens (tertiary/aromatic N) is 1. The van der Waals surface area contributed by atoms with Crippen molar-refractivity contribution in [3.63, 3.8) is 0 Å². The Morgan fingerprint density at radius 2 is 2.20 bits per heavy atom. The topological polar surface area (TPSA) is 29.3 Å². The van der Waals surface area contributed by atoms with Gasteiger partial charge in [0.2, 0.25) is 0 Å². The minimum atomic E-state index is 0.680. The quantitative estimate of drug-likeness (QED) is 0.904. The molecule has 1 aromatic rings. The lowest BCUT2D eigenvalue weighted by molar-refractivity contribution is 0.288. The molecule has 0 amide bonds. The Kier molecular flexibility index (Phi) is 5.61. The van der Waals surface area contributed by atoms with Crippen LogP contribution in [0.2, 0.25) is 5.02 Å². The van der Waals surface area contributed by atoms with Crippen molar-refractivity contribution in [3.8, 4) is 0 Å². The summed E-state index contributed by atoms with van der Waals surface area (Å²) in [6, 6.07) is 6.00. The summed E-state index contributed by atoms with van der Waals surface area (Å²) in [4.78, 5) is 2.27. The van der Waals surface area contributed by atoms with Gasteiger partial charge in [0.05, 0.1) is 5.02 Å². The van der Waals surface area contributed by atoms with E-state index in [9.17, 15) is 0 Å². The third-order valence-electron chi connectivity index (χ3n) is 2.32. The highest BCUT2D eigenvalue weighted by atomic mass is 79.9. The summed E-state index contributed by atoms with van der Waals surface area (Å²) in [5.74, 6) is 0. The molecule has 0 aliphatic carbocycles. The van der Waals surface area contributed by atoms with Crippen molar-refractivity contribution in [2.75, 3.05) is 19.6 Å². The minimum absolute atomic E-state index is 0.680. The van der Waals surface area contributed by atoms with Gasteiger partial charge < -0.3 is 5.73 Å². The van der Waals surface area contributed by atoms with Gasteiger partial charge in [0, 0.05) is 24.1 Å². The molecule has 0 unspecified atom stereocenters. The van der Waals surface area contributed by atoms with Crippen LogP contribution in [-0.2, 0) is 6.54 Å². The van der Waals surface area contributed by atoms with E-state index in [1.54, 1.807) is 0 Å². The van der Waals surface area contributed by atoms with Crippen LogP contribution in [0.5, 0.6) is 0 Å². The largest absolute Gasteiger partial charge is 0.329 e. The summed E-state index contributed by atoms with van der Waals surface area (Å²) < 4.78 is 0.950. The lowest BCUT2D eigenvalue weighted by Gasteiger charge is -2.20. The van der Waals surface area contributed by atoms with Gasteiger partial charge in [-0.05, 0) is 34.1 Å². The van der Waals surface area contributed by atoms with Crippen LogP contribution < -0.4 is 5.73 Å². The number of likely N-dealkylation sites (N-methyl/N-ethyl adjacent to an activating group) is 1. The first-order chi connectivity index (χ1) is 7.19. The maximum atomic E-state index is 6.19. The molecule has 0 saturated heterocycles. The van der Waals surface area contributed by atoms with Gasteiger partial charge in [-0.15, -0.1) is 0 Å². The minimum Gasteiger partial charge on any atom is -0.329 e. The maximum absolute atomic E-state index is 6.19. The van der Waals surface area contributed by atoms with Gasteiger partial charge >= 0.3 is 0 Å². The Hall–Kier alpha value is -0.0900. The monoisotopic (exact) mass is 290 g/mol. The zero-order valence-electron chi connectivity index (χ0n) is 8.84. The van der Waals surface area contributed by atoms with Crippen LogP contribution >= 0.6 is 27.5 Å². The molecule has 0 heterocycles. The van der Waals surface area contributed by atoms with Crippen molar-refractivity contribution >= 4 is 27.5 Å². The van der Waals surface area contributed by atoms with Crippen LogP contribution in [0.3, 0.4) is 0 Å². The van der Waals surface area contributed by atoms with E-state index in [1.165, 1.54) is 0 Å². The summed E-state index contributed by atoms with van der Waals surface area (Å²) in [5, 5.41) is 0.799. The zero-order chi connectivity index (χ0) is 11.3. The zero-order valence-corrected chi connectivity index (χ0v) is 11.2. The summed E-state index contributed by atoms with van der Waals surface area (Å²) in [7, 11) is 0. The molecule has 0 radical (unpaired) electrons. The second-order valence-corrected chi connectivity index (χ2v) is 4.60. The predicted molar refractivity (Wildman–Crippen MR) is 69.2 cm³/mol. The van der Waals surface area contributed by atoms with Crippen LogP contribution in [0.25, 0.3) is 0 Å². The summed E-state index contributed by atoms with van der Waals surface area (Å²) in [6.07, 6.45) is 0. The molecule has 0 spiro atoms. The molecule has 0 aliphatic heterocycles. The van der Waals surface area contributed by atoms with E-state index in [2.05, 4.69) is 27.8 Å². The SMILES string of the molecule is CCN(CCN)Cc1cccc(Br)c1Cl. The molecular formula is C11H16BrClN2. The van der Waals surface area contributed by atoms with E-state index in [0.717, 1.165) is 34.7 Å². The van der Waals surface area contributed by atoms with Gasteiger partial charge in [0.1, 0.15) is 0 Å². The van der Waals surface area contributed by atoms with E-state index < -0.39 is 0 Å². The highest BCUT2D eigenvalue weighted by Crippen LogP contribution is 2.26. The van der Waals surface area contributed by atoms with E-state index in [-0.39, 0.29) is 0 Å². The molecule has 0 fully saturated rings. The predicted octanol–water partition coefficient (Wildman–Crippen LogP) is 2.88. The molecule has 15 heavy (non-hydrogen) atoms. The highest BCUT2D eigenvalue weighted by molar-refractivity contribution is 9.10. The van der Waals surface area contributed by atoms with Crippen LogP contribution in [0.1, 0.15) is 12.5 Å². The van der Waals surface area contributed by atoms with Crippen molar-refractivity contribution < 1.29 is 0 Å². The number of benzene rings is 1. The fourth-order valence-electron chi connectivity index (χ4n) is 1.44. The molecule has 0 saturated carbocycles. The second kappa shape index (κ2) is 6.48. The first kappa shape index (κ1) is 13.0. The molecule has 1 rings (SSSR count). The average Bonchev–Trinajstić information content (AvgIpc) is 2.24. The van der Waals surface area contributed by atoms with Gasteiger partial charge in [-0.2, -0.15) is 0 Å². The number of halogens is 2. The standard InChI is InChI=1S/C11H16BrClN2/c1-2-15(7-6-14)8-9-4-3-5-10(12)11(9)13/h3-5H,2,6-8,14H2,1H3. The van der Waals surface area contributed by atoms with Crippen LogP contribution in [0.15, 0.2) is 22.7 Å². The van der Waals surface area contributed by atoms with E-state index in [0.29, 0.717) is 6.54 Å². The molecule has 4 heteroatoms. The summed E-state index contributed by atoms with van der Waals surface area (Å²) in [6.45, 7) is 5.55. The third kappa shape index (κ3) is 3.76. The lowest BCUT2D eigenvalue weighted by atomic mass is 10.2. The van der Waals surface area contributed by atoms with Crippen molar-refractivity contribution in [1.29, 1.82) is 0 Å². The number of nitrogens with two attached hydrogens (primary N) is 1. The van der Waals surface area contributed by atoms with Crippen molar-refractivity contribution in [3.05, 3.63) is 33.3 Å². The third-order valence-corrected chi connectivity index (χ3v) is 3.65. The van der Waals surface area contributed by atoms with Gasteiger partial charge in [-0.1, -0.05) is 30.7 Å². The molecular weight excluding hydrogens is 275 g/mol. The Balaban J connectivity index is 2.74. The van der Waals surface area contributed by atoms with Crippen molar-refractivity contribution in [1.82, 2.24) is 4.90 Å². The van der Waals surface area contributed by atoms with E-state index in [1.807, 2.05) is 18.2 Å². The number of hydrogen-bond acceptors (Lipinski definition) is 2. The molecule has 2 nitrogen and oxygen atoms in total. The number of rotatable bonds is 5. The highest BCUT2D eigenvalue weighted by Gasteiger charge is 2.07. The first-order valence-electron chi connectivity index (χ1n) is 5.04. The van der Waals surface area contributed by atoms with Crippen LogP contribution in [-0.4, -0.2) is 24.5 Å². The normalized spacial score (nSPS) is 11.0. The molecule has 0 bridgehead atoms. The Morgan fingerprint density at radius 1 is 1.47 bits per heavy atom. The summed E-state index contributed by atoms with van der Waals surface area (Å²) >= 11 is 9.61. The maximum Gasteiger partial charge on any atom is 0.0593 e. The van der Waals surface area contributed by atoms with Gasteiger partial charge in [0.25, 0.3) is 0 Å². The summed E-state index contributed by atoms with van der Waals surface area (Å²) in [5.41, 5.74) is 6.68. The van der Waals surface area contributed by atoms with Gasteiger partial charge in [-0.25, -0.2) is 0 Å². The van der Waals surface area contributed by atoms with Gasteiger partial charge in [-0.3, -0.25) is 4.90 Å². The smallest absolute Gasteiger partial charge is 0.0593 e. The van der Waals surface area contributed by atoms with Crippen LogP contribution in [0, 0.1) is 0 Å². The molecule has 1 aromatic carbocycles. The Labute approximate surface area is 105 Å². The fourth-order valence-corrected chi connectivity index (χ4v) is 2.04. The Morgan fingerprint density at radius 3 is 2.80 bits per heavy atom. The number of hydrogen-bond donors (Lipinski definition) is 1. The molecule has 0 aliphatic rings. The van der Waals surface area contributed by atoms with Crippen LogP contribution in [0.4, 0.5) is 0 Å². The molecule has 84 valence electrons. The van der Waals surface area contributed by atoms with Crippen molar-refractivity contribution in [2.24, 2.45) is 5.73 Å². The van der Waals surface area contributed by atoms with E-state index in [4.69, 9.17) is 17.3 Å². The average molecular weight is 292 g/mol. The fraction of sp³-hybridized carbons (Fsp3) is 0.455. The molecule has 0 aromatic heterocycles. The van der Waals surface area contributed by atoms with E-state index >= 15 is 0 Å². The molecule has 2 N–H and O–H groups in total. The lowest BCUT2D eigenvalue weighted by Crippen LogP contribution is -2.28.